The van der Waals surface area contributed by atoms with Crippen LogP contribution in [-0.2, 0) is 15.0 Å². The number of benzene rings is 1. The molecule has 1 aromatic carbocycles. The topological polar surface area (TPSA) is 52.7 Å². The van der Waals surface area contributed by atoms with Gasteiger partial charge in [-0.1, -0.05) is 25.0 Å². The van der Waals surface area contributed by atoms with Crippen LogP contribution in [0.3, 0.4) is 0 Å². The molecular weight excluding hydrogens is 381 g/mol. The van der Waals surface area contributed by atoms with Gasteiger partial charge in [0.1, 0.15) is 11.9 Å². The summed E-state index contributed by atoms with van der Waals surface area (Å²) in [6, 6.07) is 6.95. The Bertz CT molecular complexity index is 769. The molecule has 0 aromatic heterocycles. The maximum absolute atomic E-state index is 13.9. The van der Waals surface area contributed by atoms with E-state index in [1.165, 1.54) is 18.9 Å². The number of nitrogens with one attached hydrogen (secondary N) is 1. The Morgan fingerprint density at radius 3 is 2.57 bits per heavy atom. The van der Waals surface area contributed by atoms with E-state index in [1.807, 2.05) is 13.0 Å². The van der Waals surface area contributed by atoms with Gasteiger partial charge in [0, 0.05) is 44.1 Å². The molecule has 2 aliphatic heterocycles. The molecule has 0 bridgehead atoms. The Balaban J connectivity index is 1.31. The second-order valence-electron chi connectivity index (χ2n) is 9.42. The molecule has 2 saturated heterocycles. The summed E-state index contributed by atoms with van der Waals surface area (Å²) in [5, 5.41) is 3.17. The fourth-order valence-corrected chi connectivity index (χ4v) is 5.61. The quantitative estimate of drug-likeness (QED) is 0.776. The van der Waals surface area contributed by atoms with Crippen molar-refractivity contribution in [3.63, 3.8) is 0 Å². The van der Waals surface area contributed by atoms with Gasteiger partial charge in [0.25, 0.3) is 0 Å². The number of likely N-dealkylation sites (tertiary alicyclic amines) is 2. The molecule has 1 N–H and O–H groups in total. The van der Waals surface area contributed by atoms with Gasteiger partial charge < -0.3 is 15.1 Å². The van der Waals surface area contributed by atoms with Crippen molar-refractivity contribution in [2.24, 2.45) is 0 Å². The molecule has 1 saturated carbocycles. The third-order valence-corrected chi connectivity index (χ3v) is 7.41. The summed E-state index contributed by atoms with van der Waals surface area (Å²) >= 11 is 0. The van der Waals surface area contributed by atoms with Crippen LogP contribution in [0, 0.1) is 5.82 Å². The summed E-state index contributed by atoms with van der Waals surface area (Å²) in [6.45, 7) is 5.37. The summed E-state index contributed by atoms with van der Waals surface area (Å²) in [6.07, 6.45) is 7.90. The molecule has 1 aromatic rings. The van der Waals surface area contributed by atoms with Crippen molar-refractivity contribution < 1.29 is 14.0 Å². The minimum Gasteiger partial charge on any atom is -0.351 e. The molecule has 0 unspecified atom stereocenters. The van der Waals surface area contributed by atoms with Gasteiger partial charge in [0.2, 0.25) is 11.8 Å². The van der Waals surface area contributed by atoms with Crippen LogP contribution >= 0.6 is 0 Å². The Morgan fingerprint density at radius 2 is 1.93 bits per heavy atom. The van der Waals surface area contributed by atoms with Gasteiger partial charge >= 0.3 is 0 Å². The molecule has 1 atom stereocenters. The van der Waals surface area contributed by atoms with E-state index in [4.69, 9.17) is 0 Å². The van der Waals surface area contributed by atoms with Gasteiger partial charge in [0.05, 0.1) is 0 Å². The van der Waals surface area contributed by atoms with Gasteiger partial charge in [-0.25, -0.2) is 4.39 Å². The second-order valence-corrected chi connectivity index (χ2v) is 9.42. The summed E-state index contributed by atoms with van der Waals surface area (Å²) in [4.78, 5) is 28.7. The standard InChI is InChI=1S/C24H34FN3O2/c1-18(28-13-5-8-22(28)29)23(30)26-21-9-14-27(15-10-21)17-24(11-2-3-12-24)19-6-4-7-20(25)16-19/h4,6-7,16,18,21H,2-3,5,8-15,17H2,1H3,(H,26,30)/t18-/m1/s1. The monoisotopic (exact) mass is 415 g/mol. The highest BCUT2D eigenvalue weighted by atomic mass is 19.1. The zero-order valence-electron chi connectivity index (χ0n) is 18.0. The van der Waals surface area contributed by atoms with Gasteiger partial charge in [0.15, 0.2) is 0 Å². The van der Waals surface area contributed by atoms with Crippen molar-refractivity contribution in [3.05, 3.63) is 35.6 Å². The minimum absolute atomic E-state index is 0.0317. The van der Waals surface area contributed by atoms with E-state index >= 15 is 0 Å². The van der Waals surface area contributed by atoms with Gasteiger partial charge in [-0.2, -0.15) is 0 Å². The predicted octanol–water partition coefficient (Wildman–Crippen LogP) is 3.23. The van der Waals surface area contributed by atoms with Crippen molar-refractivity contribution in [2.45, 2.75) is 75.8 Å². The first-order valence-electron chi connectivity index (χ1n) is 11.6. The van der Waals surface area contributed by atoms with Gasteiger partial charge in [-0.15, -0.1) is 0 Å². The summed E-state index contributed by atoms with van der Waals surface area (Å²) < 4.78 is 13.9. The average molecular weight is 416 g/mol. The lowest BCUT2D eigenvalue weighted by molar-refractivity contribution is -0.137. The summed E-state index contributed by atoms with van der Waals surface area (Å²) in [5.74, 6) is -0.0896. The van der Waals surface area contributed by atoms with Crippen molar-refractivity contribution in [1.82, 2.24) is 15.1 Å². The molecule has 6 heteroatoms. The smallest absolute Gasteiger partial charge is 0.242 e. The lowest BCUT2D eigenvalue weighted by Crippen LogP contribution is -2.52. The van der Waals surface area contributed by atoms with E-state index in [1.54, 1.807) is 11.0 Å². The van der Waals surface area contributed by atoms with Crippen LogP contribution in [0.2, 0.25) is 0 Å². The number of hydrogen-bond acceptors (Lipinski definition) is 3. The van der Waals surface area contributed by atoms with Crippen LogP contribution in [0.5, 0.6) is 0 Å². The normalized spacial score (nSPS) is 23.7. The Labute approximate surface area is 179 Å². The highest BCUT2D eigenvalue weighted by Gasteiger charge is 2.38. The number of carbonyl (C=O) groups is 2. The van der Waals surface area contributed by atoms with Crippen LogP contribution in [0.4, 0.5) is 4.39 Å². The number of amides is 2. The number of hydrogen-bond donors (Lipinski definition) is 1. The van der Waals surface area contributed by atoms with Crippen molar-refractivity contribution in [2.75, 3.05) is 26.2 Å². The third kappa shape index (κ3) is 4.53. The maximum Gasteiger partial charge on any atom is 0.242 e. The molecule has 2 amide bonds. The molecule has 0 spiro atoms. The number of rotatable bonds is 6. The third-order valence-electron chi connectivity index (χ3n) is 7.41. The second kappa shape index (κ2) is 9.04. The molecule has 2 heterocycles. The molecule has 1 aliphatic carbocycles. The van der Waals surface area contributed by atoms with Gasteiger partial charge in [-0.05, 0) is 56.7 Å². The number of nitrogens with zero attached hydrogens (tertiary/aromatic N) is 2. The first-order chi connectivity index (χ1) is 14.5. The van der Waals surface area contributed by atoms with Gasteiger partial charge in [-0.3, -0.25) is 9.59 Å². The highest BCUT2D eigenvalue weighted by Crippen LogP contribution is 2.42. The largest absolute Gasteiger partial charge is 0.351 e. The number of carbonyl (C=O) groups excluding carboxylic acids is 2. The number of halogens is 1. The maximum atomic E-state index is 13.9. The lowest BCUT2D eigenvalue weighted by Gasteiger charge is -2.40. The van der Waals surface area contributed by atoms with E-state index in [-0.39, 0.29) is 35.1 Å². The predicted molar refractivity (Wildman–Crippen MR) is 115 cm³/mol. The van der Waals surface area contributed by atoms with Crippen molar-refractivity contribution >= 4 is 11.8 Å². The minimum atomic E-state index is -0.382. The lowest BCUT2D eigenvalue weighted by atomic mass is 9.78. The molecule has 3 fully saturated rings. The molecule has 4 rings (SSSR count). The Morgan fingerprint density at radius 1 is 1.20 bits per heavy atom. The van der Waals surface area contributed by atoms with E-state index in [9.17, 15) is 14.0 Å². The average Bonchev–Trinajstić information content (AvgIpc) is 3.39. The van der Waals surface area contributed by atoms with Crippen LogP contribution in [0.15, 0.2) is 24.3 Å². The zero-order chi connectivity index (χ0) is 21.1. The molecule has 3 aliphatic rings. The Kier molecular flexibility index (Phi) is 6.42. The van der Waals surface area contributed by atoms with Crippen molar-refractivity contribution in [3.8, 4) is 0 Å². The van der Waals surface area contributed by atoms with Crippen LogP contribution < -0.4 is 5.32 Å². The molecule has 164 valence electrons. The van der Waals surface area contributed by atoms with Crippen LogP contribution in [0.1, 0.15) is 63.9 Å². The molecular formula is C24H34FN3O2. The first kappa shape index (κ1) is 21.3. The fraction of sp³-hybridized carbons (Fsp3) is 0.667. The zero-order valence-corrected chi connectivity index (χ0v) is 18.0. The summed E-state index contributed by atoms with van der Waals surface area (Å²) in [7, 11) is 0. The van der Waals surface area contributed by atoms with E-state index in [0.717, 1.165) is 57.3 Å². The molecule has 30 heavy (non-hydrogen) atoms. The fourth-order valence-electron chi connectivity index (χ4n) is 5.61. The summed E-state index contributed by atoms with van der Waals surface area (Å²) in [5.41, 5.74) is 1.20. The van der Waals surface area contributed by atoms with Crippen LogP contribution in [0.25, 0.3) is 0 Å². The van der Waals surface area contributed by atoms with E-state index < -0.39 is 0 Å². The van der Waals surface area contributed by atoms with Crippen molar-refractivity contribution in [1.29, 1.82) is 0 Å². The molecule has 0 radical (unpaired) electrons. The van der Waals surface area contributed by atoms with E-state index in [2.05, 4.69) is 16.3 Å². The first-order valence-corrected chi connectivity index (χ1v) is 11.6. The SMILES string of the molecule is C[C@H](C(=O)NC1CCN(CC2(c3cccc(F)c3)CCCC2)CC1)N1CCCC1=O. The van der Waals surface area contributed by atoms with Crippen LogP contribution in [-0.4, -0.2) is 59.9 Å². The number of piperidine rings is 1. The van der Waals surface area contributed by atoms with E-state index in [0.29, 0.717) is 13.0 Å². The molecule has 5 nitrogen and oxygen atoms in total. The Hall–Kier alpha value is -1.95. The highest BCUT2D eigenvalue weighted by molar-refractivity contribution is 5.88.